The smallest absolute Gasteiger partial charge is 0.240 e. The van der Waals surface area contributed by atoms with Crippen LogP contribution < -0.4 is 10.6 Å². The Hall–Kier alpha value is -1.57. The molecule has 0 aliphatic carbocycles. The number of carbonyl (C=O) groups is 2. The monoisotopic (exact) mass is 355 g/mol. The van der Waals surface area contributed by atoms with Gasteiger partial charge in [0.1, 0.15) is 5.25 Å². The van der Waals surface area contributed by atoms with Gasteiger partial charge in [-0.15, -0.1) is 0 Å². The SMILES string of the molecule is COCC(C)N=C1NC(=O)C(CC(=O)Nc2ccccc2Cl)S1. The largest absolute Gasteiger partial charge is 0.382 e. The van der Waals surface area contributed by atoms with E-state index in [0.717, 1.165) is 0 Å². The molecule has 0 radical (unpaired) electrons. The Kier molecular flexibility index (Phi) is 6.44. The van der Waals surface area contributed by atoms with Crippen molar-refractivity contribution >= 4 is 46.0 Å². The molecular formula is C15H18ClN3O3S. The zero-order valence-corrected chi connectivity index (χ0v) is 14.4. The van der Waals surface area contributed by atoms with Crippen LogP contribution in [0.1, 0.15) is 13.3 Å². The fourth-order valence-electron chi connectivity index (χ4n) is 2.01. The average Bonchev–Trinajstić information content (AvgIpc) is 2.81. The second kappa shape index (κ2) is 8.33. The van der Waals surface area contributed by atoms with Crippen molar-refractivity contribution in [1.82, 2.24) is 5.32 Å². The molecule has 2 amide bonds. The summed E-state index contributed by atoms with van der Waals surface area (Å²) in [6.45, 7) is 2.36. The van der Waals surface area contributed by atoms with Gasteiger partial charge in [-0.25, -0.2) is 0 Å². The van der Waals surface area contributed by atoms with Crippen molar-refractivity contribution in [2.45, 2.75) is 24.6 Å². The van der Waals surface area contributed by atoms with E-state index in [1.54, 1.807) is 31.4 Å². The Morgan fingerprint density at radius 1 is 1.52 bits per heavy atom. The number of hydrogen-bond acceptors (Lipinski definition) is 5. The molecule has 1 heterocycles. The number of carbonyl (C=O) groups excluding carboxylic acids is 2. The minimum absolute atomic E-state index is 0.0550. The van der Waals surface area contributed by atoms with Gasteiger partial charge in [-0.1, -0.05) is 35.5 Å². The zero-order valence-electron chi connectivity index (χ0n) is 12.8. The van der Waals surface area contributed by atoms with Crippen LogP contribution in [0.5, 0.6) is 0 Å². The third kappa shape index (κ3) is 5.23. The Morgan fingerprint density at radius 2 is 2.26 bits per heavy atom. The first-order valence-corrected chi connectivity index (χ1v) is 8.34. The fraction of sp³-hybridized carbons (Fsp3) is 0.400. The molecule has 1 aliphatic rings. The lowest BCUT2D eigenvalue weighted by Gasteiger charge is -2.08. The van der Waals surface area contributed by atoms with Crippen molar-refractivity contribution in [3.05, 3.63) is 29.3 Å². The second-order valence-corrected chi connectivity index (χ2v) is 6.67. The van der Waals surface area contributed by atoms with Crippen molar-refractivity contribution in [2.75, 3.05) is 19.0 Å². The van der Waals surface area contributed by atoms with Gasteiger partial charge in [0.05, 0.1) is 23.4 Å². The molecule has 0 saturated carbocycles. The van der Waals surface area contributed by atoms with Crippen LogP contribution in [0.4, 0.5) is 5.69 Å². The first-order valence-electron chi connectivity index (χ1n) is 7.08. The summed E-state index contributed by atoms with van der Waals surface area (Å²) in [5.41, 5.74) is 0.533. The van der Waals surface area contributed by atoms with E-state index in [-0.39, 0.29) is 24.3 Å². The highest BCUT2D eigenvalue weighted by atomic mass is 35.5. The lowest BCUT2D eigenvalue weighted by Crippen LogP contribution is -2.28. The van der Waals surface area contributed by atoms with E-state index in [1.807, 2.05) is 6.92 Å². The maximum absolute atomic E-state index is 12.1. The number of amidine groups is 1. The van der Waals surface area contributed by atoms with Gasteiger partial charge in [0.2, 0.25) is 11.8 Å². The summed E-state index contributed by atoms with van der Waals surface area (Å²) in [7, 11) is 1.60. The zero-order chi connectivity index (χ0) is 16.8. The van der Waals surface area contributed by atoms with Gasteiger partial charge >= 0.3 is 0 Å². The number of hydrogen-bond donors (Lipinski definition) is 2. The van der Waals surface area contributed by atoms with Crippen molar-refractivity contribution in [3.8, 4) is 0 Å². The van der Waals surface area contributed by atoms with Crippen LogP contribution in [0.15, 0.2) is 29.3 Å². The standard InChI is InChI=1S/C15H18ClN3O3S/c1-9(8-22-2)17-15-19-14(21)12(23-15)7-13(20)18-11-6-4-3-5-10(11)16/h3-6,9,12H,7-8H2,1-2H3,(H,18,20)(H,17,19,21). The molecule has 1 saturated heterocycles. The predicted octanol–water partition coefficient (Wildman–Crippen LogP) is 2.29. The summed E-state index contributed by atoms with van der Waals surface area (Å²) >= 11 is 7.25. The summed E-state index contributed by atoms with van der Waals surface area (Å²) in [6, 6.07) is 6.90. The van der Waals surface area contributed by atoms with Crippen molar-refractivity contribution in [3.63, 3.8) is 0 Å². The van der Waals surface area contributed by atoms with Crippen LogP contribution in [-0.4, -0.2) is 42.0 Å². The molecule has 0 aromatic heterocycles. The lowest BCUT2D eigenvalue weighted by atomic mass is 10.2. The Morgan fingerprint density at radius 3 is 2.96 bits per heavy atom. The summed E-state index contributed by atoms with van der Waals surface area (Å²) in [5, 5.41) is 5.88. The third-order valence-electron chi connectivity index (χ3n) is 3.04. The molecular weight excluding hydrogens is 338 g/mol. The number of anilines is 1. The second-order valence-electron chi connectivity index (χ2n) is 5.07. The molecule has 1 aromatic rings. The highest BCUT2D eigenvalue weighted by Gasteiger charge is 2.32. The van der Waals surface area contributed by atoms with Gasteiger partial charge in [0, 0.05) is 13.5 Å². The molecule has 23 heavy (non-hydrogen) atoms. The average molecular weight is 356 g/mol. The lowest BCUT2D eigenvalue weighted by molar-refractivity contribution is -0.122. The van der Waals surface area contributed by atoms with E-state index >= 15 is 0 Å². The van der Waals surface area contributed by atoms with Crippen LogP contribution in [0.3, 0.4) is 0 Å². The Bertz CT molecular complexity index is 624. The van der Waals surface area contributed by atoms with E-state index in [4.69, 9.17) is 16.3 Å². The molecule has 6 nitrogen and oxygen atoms in total. The van der Waals surface area contributed by atoms with E-state index < -0.39 is 5.25 Å². The molecule has 1 aliphatic heterocycles. The predicted molar refractivity (Wildman–Crippen MR) is 93.0 cm³/mol. The number of benzene rings is 1. The quantitative estimate of drug-likeness (QED) is 0.820. The van der Waals surface area contributed by atoms with E-state index in [1.165, 1.54) is 11.8 Å². The normalized spacial score (nSPS) is 20.4. The number of nitrogens with zero attached hydrogens (tertiary/aromatic N) is 1. The molecule has 8 heteroatoms. The number of nitrogens with one attached hydrogen (secondary N) is 2. The van der Waals surface area contributed by atoms with Gasteiger partial charge in [0.15, 0.2) is 5.17 Å². The van der Waals surface area contributed by atoms with E-state index in [2.05, 4.69) is 15.6 Å². The first-order chi connectivity index (χ1) is 11.0. The maximum Gasteiger partial charge on any atom is 0.240 e. The molecule has 1 fully saturated rings. The number of halogens is 1. The molecule has 2 atom stereocenters. The Balaban J connectivity index is 1.91. The number of methoxy groups -OCH3 is 1. The summed E-state index contributed by atoms with van der Waals surface area (Å²) in [5.74, 6) is -0.482. The minimum atomic E-state index is -0.494. The number of amides is 2. The van der Waals surface area contributed by atoms with Crippen LogP contribution >= 0.6 is 23.4 Å². The fourth-order valence-corrected chi connectivity index (χ4v) is 3.26. The molecule has 0 spiro atoms. The number of aliphatic imine (C=N–C) groups is 1. The molecule has 124 valence electrons. The van der Waals surface area contributed by atoms with Crippen LogP contribution in [0.2, 0.25) is 5.02 Å². The van der Waals surface area contributed by atoms with Gasteiger partial charge in [0.25, 0.3) is 0 Å². The van der Waals surface area contributed by atoms with Crippen LogP contribution in [0, 0.1) is 0 Å². The maximum atomic E-state index is 12.1. The van der Waals surface area contributed by atoms with E-state index in [0.29, 0.717) is 22.5 Å². The summed E-state index contributed by atoms with van der Waals surface area (Å²) < 4.78 is 5.00. The highest BCUT2D eigenvalue weighted by Crippen LogP contribution is 2.25. The van der Waals surface area contributed by atoms with Gasteiger partial charge in [-0.3, -0.25) is 14.6 Å². The number of rotatable bonds is 6. The Labute approximate surface area is 144 Å². The third-order valence-corrected chi connectivity index (χ3v) is 4.47. The first kappa shape index (κ1) is 17.8. The summed E-state index contributed by atoms with van der Waals surface area (Å²) in [6.07, 6.45) is 0.0550. The van der Waals surface area contributed by atoms with Crippen LogP contribution in [0.25, 0.3) is 0 Å². The molecule has 2 N–H and O–H groups in total. The topological polar surface area (TPSA) is 79.8 Å². The van der Waals surface area contributed by atoms with E-state index in [9.17, 15) is 9.59 Å². The van der Waals surface area contributed by atoms with Gasteiger partial charge in [-0.05, 0) is 19.1 Å². The van der Waals surface area contributed by atoms with Crippen molar-refractivity contribution in [1.29, 1.82) is 0 Å². The molecule has 1 aromatic carbocycles. The van der Waals surface area contributed by atoms with Gasteiger partial charge in [-0.2, -0.15) is 0 Å². The van der Waals surface area contributed by atoms with Crippen molar-refractivity contribution in [2.24, 2.45) is 4.99 Å². The molecule has 0 bridgehead atoms. The van der Waals surface area contributed by atoms with Gasteiger partial charge < -0.3 is 15.4 Å². The number of para-hydroxylation sites is 1. The number of ether oxygens (including phenoxy) is 1. The van der Waals surface area contributed by atoms with Crippen molar-refractivity contribution < 1.29 is 14.3 Å². The number of thioether (sulfide) groups is 1. The molecule has 2 unspecified atom stereocenters. The summed E-state index contributed by atoms with van der Waals surface area (Å²) in [4.78, 5) is 28.3. The molecule has 2 rings (SSSR count). The minimum Gasteiger partial charge on any atom is -0.382 e. The highest BCUT2D eigenvalue weighted by molar-refractivity contribution is 8.15. The van der Waals surface area contributed by atoms with Crippen LogP contribution in [-0.2, 0) is 14.3 Å².